The quantitative estimate of drug-likeness (QED) is 0.604. The number of carbonyl (C=O) groups excluding carboxylic acids is 2. The molecule has 0 saturated carbocycles. The highest BCUT2D eigenvalue weighted by Crippen LogP contribution is 2.17. The highest BCUT2D eigenvalue weighted by atomic mass is 16.1. The van der Waals surface area contributed by atoms with Crippen molar-refractivity contribution < 1.29 is 9.59 Å². The zero-order valence-electron chi connectivity index (χ0n) is 12.4. The first-order valence-electron chi connectivity index (χ1n) is 6.57. The van der Waals surface area contributed by atoms with Crippen molar-refractivity contribution in [2.24, 2.45) is 11.3 Å². The molecule has 0 amide bonds. The Bertz CT molecular complexity index is 456. The van der Waals surface area contributed by atoms with E-state index >= 15 is 0 Å². The molecule has 0 unspecified atom stereocenters. The summed E-state index contributed by atoms with van der Waals surface area (Å²) in [5, 5.41) is 0. The Labute approximate surface area is 114 Å². The van der Waals surface area contributed by atoms with Crippen LogP contribution in [0.15, 0.2) is 12.4 Å². The van der Waals surface area contributed by atoms with Crippen LogP contribution < -0.4 is 0 Å². The first-order chi connectivity index (χ1) is 8.70. The summed E-state index contributed by atoms with van der Waals surface area (Å²) in [6.07, 6.45) is 4.09. The van der Waals surface area contributed by atoms with E-state index in [4.69, 9.17) is 0 Å². The number of Topliss-reactive ketones (excluding diaryl/α,β-unsaturated/α-hetero) is 2. The fraction of sp³-hybridized carbons (Fsp3) is 0.600. The minimum Gasteiger partial charge on any atom is -0.299 e. The summed E-state index contributed by atoms with van der Waals surface area (Å²) in [5.74, 6) is 0.251. The molecule has 1 rings (SSSR count). The minimum absolute atomic E-state index is 0.0904. The van der Waals surface area contributed by atoms with Crippen molar-refractivity contribution in [3.63, 3.8) is 0 Å². The van der Waals surface area contributed by atoms with Gasteiger partial charge in [-0.25, -0.2) is 9.97 Å². The third kappa shape index (κ3) is 4.89. The Morgan fingerprint density at radius 2 is 1.68 bits per heavy atom. The van der Waals surface area contributed by atoms with Gasteiger partial charge in [0.05, 0.1) is 6.42 Å². The number of hydrogen-bond donors (Lipinski definition) is 0. The second-order valence-corrected chi connectivity index (χ2v) is 6.29. The maximum absolute atomic E-state index is 11.9. The molecule has 0 N–H and O–H groups in total. The van der Waals surface area contributed by atoms with Gasteiger partial charge < -0.3 is 0 Å². The Balaban J connectivity index is 2.71. The van der Waals surface area contributed by atoms with Crippen LogP contribution in [0.1, 0.15) is 57.2 Å². The van der Waals surface area contributed by atoms with Gasteiger partial charge in [0.1, 0.15) is 5.78 Å². The molecule has 0 aliphatic rings. The van der Waals surface area contributed by atoms with Gasteiger partial charge in [0.2, 0.25) is 5.78 Å². The Hall–Kier alpha value is -1.58. The monoisotopic (exact) mass is 262 g/mol. The molecule has 0 aromatic carbocycles. The molecule has 0 spiro atoms. The van der Waals surface area contributed by atoms with E-state index in [-0.39, 0.29) is 23.8 Å². The summed E-state index contributed by atoms with van der Waals surface area (Å²) >= 11 is 0. The summed E-state index contributed by atoms with van der Waals surface area (Å²) in [6, 6.07) is 0. The second kappa shape index (κ2) is 6.04. The van der Waals surface area contributed by atoms with Crippen LogP contribution in [0.3, 0.4) is 0 Å². The summed E-state index contributed by atoms with van der Waals surface area (Å²) in [6.45, 7) is 9.63. The van der Waals surface area contributed by atoms with Gasteiger partial charge >= 0.3 is 0 Å². The fourth-order valence-corrected chi connectivity index (χ4v) is 1.57. The summed E-state index contributed by atoms with van der Waals surface area (Å²) in [5.41, 5.74) is 0.501. The largest absolute Gasteiger partial charge is 0.299 e. The average molecular weight is 262 g/mol. The molecule has 19 heavy (non-hydrogen) atoms. The van der Waals surface area contributed by atoms with Crippen LogP contribution in [0, 0.1) is 11.3 Å². The van der Waals surface area contributed by atoms with E-state index in [0.717, 1.165) is 12.0 Å². The molecule has 104 valence electrons. The maximum Gasteiger partial charge on any atom is 0.207 e. The van der Waals surface area contributed by atoms with Gasteiger partial charge in [-0.05, 0) is 17.9 Å². The Morgan fingerprint density at radius 3 is 2.11 bits per heavy atom. The molecule has 0 fully saturated rings. The molecular weight excluding hydrogens is 240 g/mol. The van der Waals surface area contributed by atoms with Crippen molar-refractivity contribution >= 4 is 11.6 Å². The highest BCUT2D eigenvalue weighted by molar-refractivity contribution is 6.07. The Kier molecular flexibility index (Phi) is 4.92. The number of hydrogen-bond acceptors (Lipinski definition) is 4. The number of rotatable bonds is 5. The molecule has 1 aromatic heterocycles. The first kappa shape index (κ1) is 15.5. The molecule has 1 aromatic rings. The fourth-order valence-electron chi connectivity index (χ4n) is 1.57. The molecule has 0 bridgehead atoms. The van der Waals surface area contributed by atoms with Crippen molar-refractivity contribution in [1.82, 2.24) is 9.97 Å². The van der Waals surface area contributed by atoms with E-state index in [1.807, 2.05) is 0 Å². The van der Waals surface area contributed by atoms with E-state index in [0.29, 0.717) is 5.92 Å². The number of ketones is 2. The number of nitrogens with zero attached hydrogens (tertiary/aromatic N) is 2. The lowest BCUT2D eigenvalue weighted by Gasteiger charge is -2.15. The van der Waals surface area contributed by atoms with Gasteiger partial charge in [-0.15, -0.1) is 0 Å². The molecule has 0 aliphatic heterocycles. The maximum atomic E-state index is 11.9. The van der Waals surface area contributed by atoms with E-state index in [1.54, 1.807) is 33.2 Å². The molecule has 4 heteroatoms. The van der Waals surface area contributed by atoms with Crippen LogP contribution in [-0.4, -0.2) is 21.5 Å². The topological polar surface area (TPSA) is 59.9 Å². The molecule has 0 radical (unpaired) electrons. The molecule has 1 heterocycles. The molecular formula is C15H22N2O2. The third-order valence-electron chi connectivity index (χ3n) is 2.76. The van der Waals surface area contributed by atoms with Crippen LogP contribution in [0.2, 0.25) is 0 Å². The van der Waals surface area contributed by atoms with Crippen molar-refractivity contribution in [2.75, 3.05) is 0 Å². The van der Waals surface area contributed by atoms with E-state index in [9.17, 15) is 9.59 Å². The van der Waals surface area contributed by atoms with Gasteiger partial charge in [-0.3, -0.25) is 9.59 Å². The average Bonchev–Trinajstić information content (AvgIpc) is 2.27. The first-order valence-corrected chi connectivity index (χ1v) is 6.57. The van der Waals surface area contributed by atoms with Crippen LogP contribution in [0.5, 0.6) is 0 Å². The predicted molar refractivity (Wildman–Crippen MR) is 74.0 cm³/mol. The van der Waals surface area contributed by atoms with Crippen LogP contribution >= 0.6 is 0 Å². The zero-order chi connectivity index (χ0) is 14.6. The number of carbonyl (C=O) groups is 2. The smallest absolute Gasteiger partial charge is 0.207 e. The lowest BCUT2D eigenvalue weighted by molar-refractivity contribution is -0.125. The van der Waals surface area contributed by atoms with Gasteiger partial charge in [-0.1, -0.05) is 34.6 Å². The SMILES string of the molecule is CC(C)Cc1cnc(C(=O)CC(=O)C(C)(C)C)nc1. The van der Waals surface area contributed by atoms with Gasteiger partial charge in [0, 0.05) is 17.8 Å². The van der Waals surface area contributed by atoms with Crippen molar-refractivity contribution in [2.45, 2.75) is 47.5 Å². The molecule has 4 nitrogen and oxygen atoms in total. The Morgan fingerprint density at radius 1 is 1.16 bits per heavy atom. The highest BCUT2D eigenvalue weighted by Gasteiger charge is 2.25. The van der Waals surface area contributed by atoms with Gasteiger partial charge in [0.15, 0.2) is 5.82 Å². The second-order valence-electron chi connectivity index (χ2n) is 6.29. The minimum atomic E-state index is -0.507. The lowest BCUT2D eigenvalue weighted by Crippen LogP contribution is -2.23. The van der Waals surface area contributed by atoms with Gasteiger partial charge in [0.25, 0.3) is 0 Å². The van der Waals surface area contributed by atoms with Crippen LogP contribution in [0.4, 0.5) is 0 Å². The number of aromatic nitrogens is 2. The zero-order valence-corrected chi connectivity index (χ0v) is 12.4. The van der Waals surface area contributed by atoms with E-state index in [1.165, 1.54) is 0 Å². The third-order valence-corrected chi connectivity index (χ3v) is 2.76. The lowest BCUT2D eigenvalue weighted by atomic mass is 9.88. The summed E-state index contributed by atoms with van der Waals surface area (Å²) < 4.78 is 0. The van der Waals surface area contributed by atoms with Crippen LogP contribution in [0.25, 0.3) is 0 Å². The summed E-state index contributed by atoms with van der Waals surface area (Å²) in [4.78, 5) is 31.8. The normalized spacial score (nSPS) is 11.7. The standard InChI is InChI=1S/C15H22N2O2/c1-10(2)6-11-8-16-14(17-9-11)12(18)7-13(19)15(3,4)5/h8-10H,6-7H2,1-5H3. The predicted octanol–water partition coefficient (Wildman–Crippen LogP) is 2.86. The molecule has 0 aliphatic carbocycles. The van der Waals surface area contributed by atoms with E-state index in [2.05, 4.69) is 23.8 Å². The van der Waals surface area contributed by atoms with Crippen molar-refractivity contribution in [1.29, 1.82) is 0 Å². The molecule has 0 atom stereocenters. The van der Waals surface area contributed by atoms with Gasteiger partial charge in [-0.2, -0.15) is 0 Å². The molecule has 0 saturated heterocycles. The van der Waals surface area contributed by atoms with E-state index < -0.39 is 5.41 Å². The van der Waals surface area contributed by atoms with Crippen LogP contribution in [-0.2, 0) is 11.2 Å². The van der Waals surface area contributed by atoms with Crippen molar-refractivity contribution in [3.8, 4) is 0 Å². The summed E-state index contributed by atoms with van der Waals surface area (Å²) in [7, 11) is 0. The van der Waals surface area contributed by atoms with Crippen molar-refractivity contribution in [3.05, 3.63) is 23.8 Å².